The van der Waals surface area contributed by atoms with Gasteiger partial charge in [-0.3, -0.25) is 0 Å². The summed E-state index contributed by atoms with van der Waals surface area (Å²) in [6, 6.07) is 6.58. The van der Waals surface area contributed by atoms with Crippen molar-refractivity contribution in [3.63, 3.8) is 0 Å². The Kier molecular flexibility index (Phi) is 2.40. The number of para-hydroxylation sites is 1. The van der Waals surface area contributed by atoms with Crippen LogP contribution in [0.1, 0.15) is 6.42 Å². The van der Waals surface area contributed by atoms with E-state index in [0.29, 0.717) is 11.7 Å². The van der Waals surface area contributed by atoms with Gasteiger partial charge in [-0.1, -0.05) is 17.7 Å². The molecule has 1 N–H and O–H groups in total. The minimum Gasteiger partial charge on any atom is -0.483 e. The van der Waals surface area contributed by atoms with E-state index >= 15 is 0 Å². The third-order valence-electron chi connectivity index (χ3n) is 3.28. The summed E-state index contributed by atoms with van der Waals surface area (Å²) in [5, 5.41) is 3.32. The lowest BCUT2D eigenvalue weighted by molar-refractivity contribution is 0.225. The van der Waals surface area contributed by atoms with E-state index in [1.54, 1.807) is 18.2 Å². The molecule has 1 saturated heterocycles. The average Bonchev–Trinajstić information content (AvgIpc) is 2.81. The van der Waals surface area contributed by atoms with Crippen molar-refractivity contribution < 1.29 is 9.13 Å². The van der Waals surface area contributed by atoms with Gasteiger partial charge in [-0.05, 0) is 30.5 Å². The maximum Gasteiger partial charge on any atom is 0.165 e. The molecule has 16 heavy (non-hydrogen) atoms. The molecule has 0 amide bonds. The number of fused-ring (bicyclic) bond motifs is 1. The minimum atomic E-state index is -0.281. The highest BCUT2D eigenvalue weighted by Crippen LogP contribution is 2.31. The topological polar surface area (TPSA) is 21.3 Å². The number of halogens is 1. The molecule has 3 heteroatoms. The fourth-order valence-corrected chi connectivity index (χ4v) is 2.47. The Morgan fingerprint density at radius 3 is 3.00 bits per heavy atom. The van der Waals surface area contributed by atoms with Crippen LogP contribution in [0.25, 0.3) is 0 Å². The van der Waals surface area contributed by atoms with E-state index < -0.39 is 0 Å². The van der Waals surface area contributed by atoms with Gasteiger partial charge in [0.2, 0.25) is 0 Å². The van der Waals surface area contributed by atoms with E-state index in [4.69, 9.17) is 4.74 Å². The van der Waals surface area contributed by atoms with Gasteiger partial charge in [-0.15, -0.1) is 0 Å². The van der Waals surface area contributed by atoms with Crippen LogP contribution in [0.15, 0.2) is 35.9 Å². The minimum absolute atomic E-state index is 0.0407. The van der Waals surface area contributed by atoms with Crippen LogP contribution in [0.3, 0.4) is 0 Å². The molecule has 1 aliphatic heterocycles. The van der Waals surface area contributed by atoms with Gasteiger partial charge in [-0.2, -0.15) is 0 Å². The van der Waals surface area contributed by atoms with Crippen molar-refractivity contribution >= 4 is 0 Å². The van der Waals surface area contributed by atoms with Gasteiger partial charge >= 0.3 is 0 Å². The second kappa shape index (κ2) is 3.91. The van der Waals surface area contributed by atoms with Gasteiger partial charge in [0.15, 0.2) is 11.6 Å². The van der Waals surface area contributed by atoms with Crippen LogP contribution in [0.4, 0.5) is 4.39 Å². The van der Waals surface area contributed by atoms with Crippen molar-refractivity contribution in [2.24, 2.45) is 5.92 Å². The van der Waals surface area contributed by atoms with E-state index in [9.17, 15) is 4.39 Å². The Hall–Kier alpha value is -1.35. The quantitative estimate of drug-likeness (QED) is 0.769. The van der Waals surface area contributed by atoms with Gasteiger partial charge in [0.05, 0.1) is 0 Å². The molecule has 0 saturated carbocycles. The van der Waals surface area contributed by atoms with Gasteiger partial charge < -0.3 is 10.1 Å². The zero-order chi connectivity index (χ0) is 11.0. The molecule has 3 rings (SSSR count). The van der Waals surface area contributed by atoms with Crippen LogP contribution >= 0.6 is 0 Å². The molecular formula is C13H14FNO. The number of benzene rings is 1. The van der Waals surface area contributed by atoms with Gasteiger partial charge in [-0.25, -0.2) is 4.39 Å². The van der Waals surface area contributed by atoms with Crippen molar-refractivity contribution in [2.45, 2.75) is 12.5 Å². The number of ether oxygens (including phenoxy) is 1. The average molecular weight is 219 g/mol. The molecule has 0 spiro atoms. The molecule has 2 nitrogen and oxygen atoms in total. The van der Waals surface area contributed by atoms with Crippen molar-refractivity contribution in [3.05, 3.63) is 41.7 Å². The molecule has 2 aliphatic rings. The van der Waals surface area contributed by atoms with E-state index in [1.807, 2.05) is 0 Å². The summed E-state index contributed by atoms with van der Waals surface area (Å²) in [5.74, 6) is 0.671. The van der Waals surface area contributed by atoms with Crippen LogP contribution < -0.4 is 10.1 Å². The summed E-state index contributed by atoms with van der Waals surface area (Å²) in [7, 11) is 0. The second-order valence-electron chi connectivity index (χ2n) is 4.39. The summed E-state index contributed by atoms with van der Waals surface area (Å²) in [6.45, 7) is 1.99. The Labute approximate surface area is 94.1 Å². The Bertz CT molecular complexity index is 430. The van der Waals surface area contributed by atoms with Crippen LogP contribution in [0.5, 0.6) is 5.75 Å². The van der Waals surface area contributed by atoms with Crippen LogP contribution in [-0.2, 0) is 0 Å². The van der Waals surface area contributed by atoms with Gasteiger partial charge in [0.25, 0.3) is 0 Å². The zero-order valence-electron chi connectivity index (χ0n) is 8.95. The summed E-state index contributed by atoms with van der Waals surface area (Å²) in [5.41, 5.74) is 1.42. The second-order valence-corrected chi connectivity index (χ2v) is 4.39. The smallest absolute Gasteiger partial charge is 0.165 e. The highest BCUT2D eigenvalue weighted by Gasteiger charge is 2.31. The molecular weight excluding hydrogens is 205 g/mol. The molecule has 1 aromatic carbocycles. The van der Waals surface area contributed by atoms with Gasteiger partial charge in [0, 0.05) is 13.1 Å². The third kappa shape index (κ3) is 1.71. The lowest BCUT2D eigenvalue weighted by Gasteiger charge is -2.13. The largest absolute Gasteiger partial charge is 0.483 e. The molecule has 0 aromatic heterocycles. The Morgan fingerprint density at radius 1 is 1.31 bits per heavy atom. The van der Waals surface area contributed by atoms with E-state index in [1.165, 1.54) is 11.6 Å². The monoisotopic (exact) mass is 219 g/mol. The van der Waals surface area contributed by atoms with Crippen molar-refractivity contribution in [3.8, 4) is 5.75 Å². The lowest BCUT2D eigenvalue weighted by atomic mass is 10.1. The summed E-state index contributed by atoms with van der Waals surface area (Å²) < 4.78 is 19.0. The Balaban J connectivity index is 1.73. The highest BCUT2D eigenvalue weighted by molar-refractivity contribution is 5.27. The standard InChI is InChI=1S/C13H14FNO/c14-12-3-1-2-4-13(12)16-11-5-9-7-15-8-10(9)6-11/h1-5,10-11,15H,6-8H2. The number of hydrogen-bond donors (Lipinski definition) is 1. The molecule has 84 valence electrons. The molecule has 0 bridgehead atoms. The van der Waals surface area contributed by atoms with Crippen molar-refractivity contribution in [1.82, 2.24) is 5.32 Å². The van der Waals surface area contributed by atoms with Crippen molar-refractivity contribution in [1.29, 1.82) is 0 Å². The fraction of sp³-hybridized carbons (Fsp3) is 0.385. The fourth-order valence-electron chi connectivity index (χ4n) is 2.47. The SMILES string of the molecule is Fc1ccccc1OC1C=C2CNCC2C1. The summed E-state index contributed by atoms with van der Waals surface area (Å²) in [4.78, 5) is 0. The van der Waals surface area contributed by atoms with Crippen molar-refractivity contribution in [2.75, 3.05) is 13.1 Å². The maximum atomic E-state index is 13.4. The summed E-state index contributed by atoms with van der Waals surface area (Å²) >= 11 is 0. The summed E-state index contributed by atoms with van der Waals surface area (Å²) in [6.07, 6.45) is 3.15. The molecule has 0 radical (unpaired) electrons. The Morgan fingerprint density at radius 2 is 2.19 bits per heavy atom. The lowest BCUT2D eigenvalue weighted by Crippen LogP contribution is -2.17. The first kappa shape index (κ1) is 9.85. The predicted octanol–water partition coefficient (Wildman–Crippen LogP) is 2.12. The molecule has 2 unspecified atom stereocenters. The first-order valence-electron chi connectivity index (χ1n) is 5.65. The number of hydrogen-bond acceptors (Lipinski definition) is 2. The molecule has 1 heterocycles. The number of nitrogens with one attached hydrogen (secondary N) is 1. The van der Waals surface area contributed by atoms with Crippen LogP contribution in [0.2, 0.25) is 0 Å². The van der Waals surface area contributed by atoms with E-state index in [0.717, 1.165) is 19.5 Å². The predicted molar refractivity (Wildman–Crippen MR) is 59.9 cm³/mol. The number of rotatable bonds is 2. The highest BCUT2D eigenvalue weighted by atomic mass is 19.1. The molecule has 1 fully saturated rings. The maximum absolute atomic E-state index is 13.4. The first-order chi connectivity index (χ1) is 7.83. The molecule has 1 aromatic rings. The van der Waals surface area contributed by atoms with Gasteiger partial charge in [0.1, 0.15) is 6.10 Å². The molecule has 1 aliphatic carbocycles. The van der Waals surface area contributed by atoms with Crippen LogP contribution in [-0.4, -0.2) is 19.2 Å². The van der Waals surface area contributed by atoms with E-state index in [-0.39, 0.29) is 11.9 Å². The normalized spacial score (nSPS) is 27.7. The molecule has 2 atom stereocenters. The van der Waals surface area contributed by atoms with E-state index in [2.05, 4.69) is 11.4 Å². The first-order valence-corrected chi connectivity index (χ1v) is 5.65. The zero-order valence-corrected chi connectivity index (χ0v) is 8.95. The third-order valence-corrected chi connectivity index (χ3v) is 3.28. The van der Waals surface area contributed by atoms with Crippen LogP contribution in [0, 0.1) is 11.7 Å².